The lowest BCUT2D eigenvalue weighted by molar-refractivity contribution is 0.0964. The molecule has 1 amide bonds. The lowest BCUT2D eigenvalue weighted by Crippen LogP contribution is -2.32. The van der Waals surface area contributed by atoms with Crippen molar-refractivity contribution in [3.63, 3.8) is 0 Å². The molecular formula is C15H18N4O5. The van der Waals surface area contributed by atoms with Crippen LogP contribution in [-0.4, -0.2) is 40.4 Å². The number of aliphatic hydroxyl groups excluding tert-OH is 1. The van der Waals surface area contributed by atoms with E-state index >= 15 is 0 Å². The average molecular weight is 334 g/mol. The molecule has 6 N–H and O–H groups in total. The third-order valence-corrected chi connectivity index (χ3v) is 4.61. The number of hydrogen-bond acceptors (Lipinski definition) is 7. The summed E-state index contributed by atoms with van der Waals surface area (Å²) in [5.74, 6) is -0.891. The standard InChI is InChI=1S/C15H18N4O5/c1-5-9(16)14(22)8-6(4-24-15(17)23)10-13(21)7(18-2)3-19(10)11(8)12(5)20/h7,13,18,21H,3-4,16H2,1-2H3,(H2,17,23)/t7-,13+/m0/s1. The van der Waals surface area contributed by atoms with Crippen molar-refractivity contribution >= 4 is 17.7 Å². The first-order valence-electron chi connectivity index (χ1n) is 7.38. The second kappa shape index (κ2) is 5.46. The van der Waals surface area contributed by atoms with Crippen LogP contribution in [0, 0.1) is 0 Å². The largest absolute Gasteiger partial charge is 0.445 e. The fourth-order valence-electron chi connectivity index (χ4n) is 3.33. The van der Waals surface area contributed by atoms with Crippen LogP contribution in [0.1, 0.15) is 45.1 Å². The molecule has 1 aliphatic heterocycles. The highest BCUT2D eigenvalue weighted by molar-refractivity contribution is 6.26. The Bertz CT molecular complexity index is 807. The summed E-state index contributed by atoms with van der Waals surface area (Å²) in [6.07, 6.45) is -1.98. The Balaban J connectivity index is 2.23. The maximum atomic E-state index is 12.6. The van der Waals surface area contributed by atoms with Crippen LogP contribution in [0.3, 0.4) is 0 Å². The molecule has 9 nitrogen and oxygen atoms in total. The Morgan fingerprint density at radius 1 is 1.42 bits per heavy atom. The summed E-state index contributed by atoms with van der Waals surface area (Å²) < 4.78 is 6.41. The molecule has 0 radical (unpaired) electrons. The molecule has 0 bridgehead atoms. The van der Waals surface area contributed by atoms with E-state index in [-0.39, 0.29) is 46.5 Å². The zero-order valence-electron chi connectivity index (χ0n) is 13.3. The molecule has 0 aromatic carbocycles. The minimum Gasteiger partial charge on any atom is -0.445 e. The van der Waals surface area contributed by atoms with Crippen LogP contribution in [0.25, 0.3) is 0 Å². The molecule has 0 saturated heterocycles. The van der Waals surface area contributed by atoms with Crippen molar-refractivity contribution in [1.29, 1.82) is 0 Å². The molecule has 9 heteroatoms. The van der Waals surface area contributed by atoms with Gasteiger partial charge in [0.1, 0.15) is 18.4 Å². The van der Waals surface area contributed by atoms with Gasteiger partial charge in [-0.2, -0.15) is 0 Å². The van der Waals surface area contributed by atoms with Crippen LogP contribution in [0.2, 0.25) is 0 Å². The van der Waals surface area contributed by atoms with Gasteiger partial charge >= 0.3 is 6.09 Å². The predicted molar refractivity (Wildman–Crippen MR) is 82.2 cm³/mol. The van der Waals surface area contributed by atoms with E-state index in [1.54, 1.807) is 11.6 Å². The number of carbonyl (C=O) groups is 3. The first-order chi connectivity index (χ1) is 11.3. The van der Waals surface area contributed by atoms with Crippen LogP contribution in [0.5, 0.6) is 0 Å². The normalized spacial score (nSPS) is 22.6. The van der Waals surface area contributed by atoms with Crippen molar-refractivity contribution in [2.24, 2.45) is 11.5 Å². The fourth-order valence-corrected chi connectivity index (χ4v) is 3.33. The van der Waals surface area contributed by atoms with E-state index in [1.807, 2.05) is 0 Å². The van der Waals surface area contributed by atoms with Gasteiger partial charge in [-0.05, 0) is 14.0 Å². The number of ketones is 2. The molecule has 0 fully saturated rings. The van der Waals surface area contributed by atoms with Gasteiger partial charge in [0.05, 0.1) is 23.0 Å². The molecule has 0 unspecified atom stereocenters. The highest BCUT2D eigenvalue weighted by Crippen LogP contribution is 2.39. The molecule has 3 rings (SSSR count). The molecule has 24 heavy (non-hydrogen) atoms. The predicted octanol–water partition coefficient (Wildman–Crippen LogP) is -0.670. The van der Waals surface area contributed by atoms with Crippen LogP contribution in [-0.2, 0) is 17.9 Å². The average Bonchev–Trinajstić information content (AvgIpc) is 3.03. The van der Waals surface area contributed by atoms with E-state index in [2.05, 4.69) is 5.32 Å². The van der Waals surface area contributed by atoms with Crippen molar-refractivity contribution in [3.05, 3.63) is 33.8 Å². The molecule has 0 spiro atoms. The van der Waals surface area contributed by atoms with Crippen molar-refractivity contribution in [2.75, 3.05) is 7.05 Å². The summed E-state index contributed by atoms with van der Waals surface area (Å²) in [4.78, 5) is 36.2. The summed E-state index contributed by atoms with van der Waals surface area (Å²) in [6, 6.07) is -0.330. The Morgan fingerprint density at radius 2 is 2.08 bits per heavy atom. The Hall–Kier alpha value is -2.65. The number of Topliss-reactive ketones (excluding diaryl/α,β-unsaturated/α-hetero) is 2. The summed E-state index contributed by atoms with van der Waals surface area (Å²) in [5, 5.41) is 13.5. The highest BCUT2D eigenvalue weighted by Gasteiger charge is 2.43. The summed E-state index contributed by atoms with van der Waals surface area (Å²) in [7, 11) is 1.68. The third-order valence-electron chi connectivity index (χ3n) is 4.61. The first-order valence-corrected chi connectivity index (χ1v) is 7.38. The van der Waals surface area contributed by atoms with Crippen LogP contribution < -0.4 is 16.8 Å². The fraction of sp³-hybridized carbons (Fsp3) is 0.400. The second-order valence-electron chi connectivity index (χ2n) is 5.84. The van der Waals surface area contributed by atoms with E-state index in [1.165, 1.54) is 6.92 Å². The van der Waals surface area contributed by atoms with E-state index in [0.29, 0.717) is 12.2 Å². The zero-order valence-corrected chi connectivity index (χ0v) is 13.3. The number of likely N-dealkylation sites (N-methyl/N-ethyl adjacent to an activating group) is 1. The van der Waals surface area contributed by atoms with Gasteiger partial charge in [0.15, 0.2) is 0 Å². The van der Waals surface area contributed by atoms with Crippen molar-refractivity contribution in [3.8, 4) is 0 Å². The van der Waals surface area contributed by atoms with E-state index in [4.69, 9.17) is 16.2 Å². The maximum Gasteiger partial charge on any atom is 0.404 e. The number of aliphatic hydroxyl groups is 1. The van der Waals surface area contributed by atoms with Crippen molar-refractivity contribution < 1.29 is 24.2 Å². The number of allylic oxidation sites excluding steroid dienone is 2. The Labute approximate surface area is 137 Å². The van der Waals surface area contributed by atoms with Gasteiger partial charge in [-0.3, -0.25) is 9.59 Å². The molecule has 1 aliphatic carbocycles. The van der Waals surface area contributed by atoms with Gasteiger partial charge in [-0.15, -0.1) is 0 Å². The number of aromatic nitrogens is 1. The maximum absolute atomic E-state index is 12.6. The molecule has 2 aliphatic rings. The van der Waals surface area contributed by atoms with Gasteiger partial charge in [0, 0.05) is 17.7 Å². The smallest absolute Gasteiger partial charge is 0.404 e. The molecular weight excluding hydrogens is 316 g/mol. The van der Waals surface area contributed by atoms with Crippen LogP contribution in [0.15, 0.2) is 11.3 Å². The molecule has 1 aromatic heterocycles. The third kappa shape index (κ3) is 2.05. The number of rotatable bonds is 3. The Morgan fingerprint density at radius 3 is 2.67 bits per heavy atom. The van der Waals surface area contributed by atoms with E-state index in [0.717, 1.165) is 0 Å². The van der Waals surface area contributed by atoms with Crippen molar-refractivity contribution in [2.45, 2.75) is 32.2 Å². The monoisotopic (exact) mass is 334 g/mol. The van der Waals surface area contributed by atoms with Gasteiger partial charge in [0.25, 0.3) is 0 Å². The van der Waals surface area contributed by atoms with Gasteiger partial charge < -0.3 is 31.2 Å². The quantitative estimate of drug-likeness (QED) is 0.572. The SMILES string of the molecule is CN[C@H]1Cn2c3c(c(COC(N)=O)c2[C@@H]1O)C(=O)C(N)=C(C)C3=O. The molecule has 0 saturated carbocycles. The van der Waals surface area contributed by atoms with Gasteiger partial charge in [0.2, 0.25) is 11.6 Å². The molecule has 2 atom stereocenters. The number of primary amides is 1. The molecule has 2 heterocycles. The van der Waals surface area contributed by atoms with Crippen LogP contribution in [0.4, 0.5) is 4.79 Å². The van der Waals surface area contributed by atoms with Gasteiger partial charge in [-0.1, -0.05) is 0 Å². The van der Waals surface area contributed by atoms with E-state index < -0.39 is 18.0 Å². The number of amides is 1. The number of nitrogens with one attached hydrogen (secondary N) is 1. The molecule has 128 valence electrons. The number of fused-ring (bicyclic) bond motifs is 3. The number of ether oxygens (including phenoxy) is 1. The lowest BCUT2D eigenvalue weighted by Gasteiger charge is -2.18. The Kier molecular flexibility index (Phi) is 3.69. The highest BCUT2D eigenvalue weighted by atomic mass is 16.5. The number of nitrogens with zero attached hydrogens (tertiary/aromatic N) is 1. The summed E-state index contributed by atoms with van der Waals surface area (Å²) >= 11 is 0. The van der Waals surface area contributed by atoms with Crippen molar-refractivity contribution in [1.82, 2.24) is 9.88 Å². The zero-order chi connectivity index (χ0) is 17.8. The number of hydrogen-bond donors (Lipinski definition) is 4. The topological polar surface area (TPSA) is 150 Å². The van der Waals surface area contributed by atoms with Gasteiger partial charge in [-0.25, -0.2) is 4.79 Å². The second-order valence-corrected chi connectivity index (χ2v) is 5.84. The van der Waals surface area contributed by atoms with E-state index in [9.17, 15) is 19.5 Å². The number of nitrogens with two attached hydrogens (primary N) is 2. The summed E-state index contributed by atoms with van der Waals surface area (Å²) in [5.41, 5.74) is 11.7. The minimum atomic E-state index is -1.02. The van der Waals surface area contributed by atoms with Crippen LogP contribution >= 0.6 is 0 Å². The lowest BCUT2D eigenvalue weighted by atomic mass is 9.89. The summed E-state index contributed by atoms with van der Waals surface area (Å²) in [6.45, 7) is 1.47. The molecule has 1 aromatic rings. The minimum absolute atomic E-state index is 0.0768. The first kappa shape index (κ1) is 16.2. The number of carbonyl (C=O) groups excluding carboxylic acids is 3.